The predicted octanol–water partition coefficient (Wildman–Crippen LogP) is 4.45. The van der Waals surface area contributed by atoms with Gasteiger partial charge in [0.2, 0.25) is 0 Å². The molecule has 0 N–H and O–H groups in total. The van der Waals surface area contributed by atoms with Gasteiger partial charge in [0.15, 0.2) is 0 Å². The molecular formula is C12H25. The SMILES string of the molecule is CCCCC(C)C(C)(C)[C](C)C. The third kappa shape index (κ3) is 3.16. The molecule has 1 unspecified atom stereocenters. The van der Waals surface area contributed by atoms with Crippen molar-refractivity contribution < 1.29 is 0 Å². The minimum absolute atomic E-state index is 0.426. The van der Waals surface area contributed by atoms with E-state index in [1.54, 1.807) is 5.92 Å². The standard InChI is InChI=1S/C12H25/c1-7-8-9-11(4)12(5,6)10(2)3/h11H,7-9H2,1-6H3. The first-order chi connectivity index (χ1) is 5.42. The molecule has 0 spiro atoms. The van der Waals surface area contributed by atoms with Crippen LogP contribution in [0.1, 0.15) is 60.8 Å². The highest BCUT2D eigenvalue weighted by atomic mass is 14.3. The maximum Gasteiger partial charge on any atom is -0.0244 e. The van der Waals surface area contributed by atoms with E-state index in [9.17, 15) is 0 Å². The first-order valence-corrected chi connectivity index (χ1v) is 5.23. The summed E-state index contributed by atoms with van der Waals surface area (Å²) in [6.45, 7) is 13.9. The molecule has 0 aliphatic rings. The summed E-state index contributed by atoms with van der Waals surface area (Å²) in [5, 5.41) is 0. The van der Waals surface area contributed by atoms with Gasteiger partial charge in [0, 0.05) is 0 Å². The lowest BCUT2D eigenvalue weighted by Crippen LogP contribution is -2.26. The zero-order chi connectivity index (χ0) is 9.78. The summed E-state index contributed by atoms with van der Waals surface area (Å²) >= 11 is 0. The van der Waals surface area contributed by atoms with Gasteiger partial charge in [0.25, 0.3) is 0 Å². The summed E-state index contributed by atoms with van der Waals surface area (Å²) in [5.74, 6) is 2.38. The lowest BCUT2D eigenvalue weighted by atomic mass is 9.70. The Labute approximate surface area is 78.8 Å². The molecule has 0 nitrogen and oxygen atoms in total. The van der Waals surface area contributed by atoms with E-state index in [-0.39, 0.29) is 0 Å². The van der Waals surface area contributed by atoms with Crippen LogP contribution in [0.3, 0.4) is 0 Å². The van der Waals surface area contributed by atoms with Crippen LogP contribution in [0, 0.1) is 17.3 Å². The van der Waals surface area contributed by atoms with E-state index in [1.807, 2.05) is 0 Å². The van der Waals surface area contributed by atoms with Crippen LogP contribution in [0.2, 0.25) is 0 Å². The average molecular weight is 169 g/mol. The quantitative estimate of drug-likeness (QED) is 0.570. The Bertz CT molecular complexity index is 111. The second-order valence-corrected chi connectivity index (χ2v) is 4.76. The summed E-state index contributed by atoms with van der Waals surface area (Å²) < 4.78 is 0. The molecular weight excluding hydrogens is 144 g/mol. The lowest BCUT2D eigenvalue weighted by molar-refractivity contribution is 0.232. The molecule has 0 saturated carbocycles. The third-order valence-electron chi connectivity index (χ3n) is 3.51. The fraction of sp³-hybridized carbons (Fsp3) is 0.917. The zero-order valence-electron chi connectivity index (χ0n) is 9.70. The molecule has 1 radical (unpaired) electrons. The third-order valence-corrected chi connectivity index (χ3v) is 3.51. The fourth-order valence-corrected chi connectivity index (χ4v) is 1.36. The molecule has 12 heavy (non-hydrogen) atoms. The van der Waals surface area contributed by atoms with Crippen molar-refractivity contribution in [2.45, 2.75) is 60.8 Å². The molecule has 0 aromatic heterocycles. The van der Waals surface area contributed by atoms with Crippen LogP contribution in [-0.4, -0.2) is 0 Å². The molecule has 0 rings (SSSR count). The Morgan fingerprint density at radius 3 is 2.08 bits per heavy atom. The van der Waals surface area contributed by atoms with E-state index in [1.165, 1.54) is 19.3 Å². The van der Waals surface area contributed by atoms with Gasteiger partial charge in [-0.2, -0.15) is 0 Å². The van der Waals surface area contributed by atoms with Gasteiger partial charge in [-0.1, -0.05) is 60.8 Å². The Balaban J connectivity index is 3.97. The van der Waals surface area contributed by atoms with E-state index >= 15 is 0 Å². The van der Waals surface area contributed by atoms with E-state index in [4.69, 9.17) is 0 Å². The van der Waals surface area contributed by atoms with Gasteiger partial charge in [-0.15, -0.1) is 0 Å². The molecule has 0 aromatic carbocycles. The Hall–Kier alpha value is 0. The van der Waals surface area contributed by atoms with E-state index in [2.05, 4.69) is 41.5 Å². The molecule has 0 amide bonds. The molecule has 0 aromatic rings. The van der Waals surface area contributed by atoms with E-state index < -0.39 is 0 Å². The maximum atomic E-state index is 2.38. The molecule has 0 aliphatic carbocycles. The van der Waals surface area contributed by atoms with Crippen LogP contribution in [0.25, 0.3) is 0 Å². The van der Waals surface area contributed by atoms with E-state index in [0.717, 1.165) is 5.92 Å². The van der Waals surface area contributed by atoms with Gasteiger partial charge in [-0.3, -0.25) is 0 Å². The highest BCUT2D eigenvalue weighted by molar-refractivity contribution is 4.97. The summed E-state index contributed by atoms with van der Waals surface area (Å²) in [6, 6.07) is 0. The Morgan fingerprint density at radius 2 is 1.75 bits per heavy atom. The first kappa shape index (κ1) is 12.0. The fourth-order valence-electron chi connectivity index (χ4n) is 1.36. The zero-order valence-corrected chi connectivity index (χ0v) is 9.70. The largest absolute Gasteiger partial charge is 0.0654 e. The van der Waals surface area contributed by atoms with Gasteiger partial charge in [0.05, 0.1) is 0 Å². The lowest BCUT2D eigenvalue weighted by Gasteiger charge is -2.35. The molecule has 0 saturated heterocycles. The normalized spacial score (nSPS) is 15.2. The average Bonchev–Trinajstić information content (AvgIpc) is 1.99. The smallest absolute Gasteiger partial charge is 0.0244 e. The van der Waals surface area contributed by atoms with Crippen LogP contribution in [0.15, 0.2) is 0 Å². The summed E-state index contributed by atoms with van der Waals surface area (Å²) in [7, 11) is 0. The number of unbranched alkanes of at least 4 members (excludes halogenated alkanes) is 1. The Morgan fingerprint density at radius 1 is 1.25 bits per heavy atom. The first-order valence-electron chi connectivity index (χ1n) is 5.23. The van der Waals surface area contributed by atoms with Crippen molar-refractivity contribution in [1.82, 2.24) is 0 Å². The monoisotopic (exact) mass is 169 g/mol. The predicted molar refractivity (Wildman–Crippen MR) is 57.1 cm³/mol. The summed E-state index contributed by atoms with van der Waals surface area (Å²) in [6.07, 6.45) is 4.07. The highest BCUT2D eigenvalue weighted by Crippen LogP contribution is 2.38. The Kier molecular flexibility index (Phi) is 4.89. The minimum Gasteiger partial charge on any atom is -0.0654 e. The molecule has 1 atom stereocenters. The summed E-state index contributed by atoms with van der Waals surface area (Å²) in [4.78, 5) is 0. The molecule has 0 heteroatoms. The van der Waals surface area contributed by atoms with Crippen LogP contribution >= 0.6 is 0 Å². The van der Waals surface area contributed by atoms with Crippen LogP contribution in [-0.2, 0) is 0 Å². The van der Waals surface area contributed by atoms with Gasteiger partial charge in [0.1, 0.15) is 0 Å². The topological polar surface area (TPSA) is 0 Å². The molecule has 73 valence electrons. The maximum absolute atomic E-state index is 2.38. The van der Waals surface area contributed by atoms with Crippen LogP contribution < -0.4 is 0 Å². The van der Waals surface area contributed by atoms with Crippen molar-refractivity contribution in [3.05, 3.63) is 5.92 Å². The van der Waals surface area contributed by atoms with Crippen molar-refractivity contribution in [1.29, 1.82) is 0 Å². The van der Waals surface area contributed by atoms with Crippen molar-refractivity contribution >= 4 is 0 Å². The van der Waals surface area contributed by atoms with Crippen LogP contribution in [0.4, 0.5) is 0 Å². The van der Waals surface area contributed by atoms with Crippen molar-refractivity contribution in [2.75, 3.05) is 0 Å². The van der Waals surface area contributed by atoms with Crippen molar-refractivity contribution in [3.63, 3.8) is 0 Å². The highest BCUT2D eigenvalue weighted by Gasteiger charge is 2.28. The van der Waals surface area contributed by atoms with E-state index in [0.29, 0.717) is 5.41 Å². The van der Waals surface area contributed by atoms with Gasteiger partial charge >= 0.3 is 0 Å². The number of hydrogen-bond acceptors (Lipinski definition) is 0. The minimum atomic E-state index is 0.426. The number of hydrogen-bond donors (Lipinski definition) is 0. The second-order valence-electron chi connectivity index (χ2n) is 4.76. The van der Waals surface area contributed by atoms with Crippen molar-refractivity contribution in [2.24, 2.45) is 11.3 Å². The van der Waals surface area contributed by atoms with Gasteiger partial charge in [-0.05, 0) is 17.3 Å². The molecule has 0 bridgehead atoms. The van der Waals surface area contributed by atoms with Gasteiger partial charge < -0.3 is 0 Å². The van der Waals surface area contributed by atoms with Crippen LogP contribution in [0.5, 0.6) is 0 Å². The molecule has 0 heterocycles. The molecule has 0 fully saturated rings. The number of rotatable bonds is 5. The second kappa shape index (κ2) is 4.89. The summed E-state index contributed by atoms with van der Waals surface area (Å²) in [5.41, 5.74) is 0.426. The van der Waals surface area contributed by atoms with Gasteiger partial charge in [-0.25, -0.2) is 0 Å². The molecule has 0 aliphatic heterocycles. The van der Waals surface area contributed by atoms with Crippen molar-refractivity contribution in [3.8, 4) is 0 Å².